The van der Waals surface area contributed by atoms with Crippen molar-refractivity contribution in [2.24, 2.45) is 0 Å². The van der Waals surface area contributed by atoms with E-state index in [1.165, 1.54) is 16.0 Å². The Morgan fingerprint density at radius 2 is 1.98 bits per heavy atom. The Bertz CT molecular complexity index is 1080. The van der Waals surface area contributed by atoms with Crippen LogP contribution in [-0.2, 0) is 25.6 Å². The lowest BCUT2D eigenvalue weighted by Gasteiger charge is -2.55. The quantitative estimate of drug-likeness (QED) is 0.213. The third kappa shape index (κ3) is 7.97. The van der Waals surface area contributed by atoms with Gasteiger partial charge in [0.05, 0.1) is 19.6 Å². The van der Waals surface area contributed by atoms with Gasteiger partial charge in [0.1, 0.15) is 18.8 Å². The SMILES string of the molecule is C#CCN1CC(=O)N2[C@@H](CCCNC(=O)OCC=C)C(=O)N(CCCOC)C[C@@H]2N1C(=O)NCc1ccccc1. The van der Waals surface area contributed by atoms with Crippen molar-refractivity contribution in [3.63, 3.8) is 0 Å². The molecule has 0 spiro atoms. The lowest BCUT2D eigenvalue weighted by molar-refractivity contribution is -0.189. The number of nitrogens with one attached hydrogen (secondary N) is 2. The number of amides is 5. The van der Waals surface area contributed by atoms with E-state index in [-0.39, 0.29) is 57.6 Å². The normalized spacial score (nSPS) is 19.1. The van der Waals surface area contributed by atoms with E-state index >= 15 is 0 Å². The maximum Gasteiger partial charge on any atom is 0.407 e. The molecule has 0 unspecified atom stereocenters. The standard InChI is InChI=1S/C28H38N6O6/c1-4-15-32-21-25(35)33-23(13-9-14-29-28(38)40-17-5-2)26(36)31(16-10-18-39-3)20-24(33)34(32)27(37)30-19-22-11-7-6-8-12-22/h1,5-8,11-12,23-24H,2,9-10,13-21H2,3H3,(H,29,38)(H,30,37)/t23-,24-/m0/s1. The topological polar surface area (TPSA) is 124 Å². The molecule has 2 N–H and O–H groups in total. The minimum atomic E-state index is -0.808. The van der Waals surface area contributed by atoms with Crippen LogP contribution in [0.25, 0.3) is 0 Å². The van der Waals surface area contributed by atoms with E-state index in [4.69, 9.17) is 15.9 Å². The summed E-state index contributed by atoms with van der Waals surface area (Å²) in [4.78, 5) is 55.5. The number of methoxy groups -OCH3 is 1. The Kier molecular flexibility index (Phi) is 11.8. The molecule has 2 aliphatic heterocycles. The number of hydrazine groups is 1. The zero-order chi connectivity index (χ0) is 28.9. The monoisotopic (exact) mass is 554 g/mol. The second kappa shape index (κ2) is 15.5. The number of carbonyl (C=O) groups excluding carboxylic acids is 4. The Morgan fingerprint density at radius 1 is 1.20 bits per heavy atom. The highest BCUT2D eigenvalue weighted by molar-refractivity contribution is 5.91. The molecular formula is C28H38N6O6. The number of hydrogen-bond donors (Lipinski definition) is 2. The Hall–Kier alpha value is -4.08. The zero-order valence-electron chi connectivity index (χ0n) is 22.9. The largest absolute Gasteiger partial charge is 0.445 e. The summed E-state index contributed by atoms with van der Waals surface area (Å²) in [7, 11) is 1.59. The minimum absolute atomic E-state index is 0.0495. The van der Waals surface area contributed by atoms with Crippen molar-refractivity contribution in [3.8, 4) is 12.3 Å². The first-order valence-corrected chi connectivity index (χ1v) is 13.3. The smallest absolute Gasteiger partial charge is 0.407 e. The van der Waals surface area contributed by atoms with E-state index < -0.39 is 24.3 Å². The highest BCUT2D eigenvalue weighted by atomic mass is 16.5. The summed E-state index contributed by atoms with van der Waals surface area (Å²) in [6, 6.07) is 8.24. The van der Waals surface area contributed by atoms with Crippen LogP contribution in [0.3, 0.4) is 0 Å². The van der Waals surface area contributed by atoms with Gasteiger partial charge < -0.3 is 29.9 Å². The molecule has 12 heteroatoms. The van der Waals surface area contributed by atoms with Crippen molar-refractivity contribution in [2.75, 3.05) is 53.0 Å². The fraction of sp³-hybridized carbons (Fsp3) is 0.500. The van der Waals surface area contributed by atoms with Gasteiger partial charge in [0.2, 0.25) is 11.8 Å². The van der Waals surface area contributed by atoms with Crippen LogP contribution in [0.5, 0.6) is 0 Å². The molecule has 0 radical (unpaired) electrons. The maximum atomic E-state index is 13.6. The van der Waals surface area contributed by atoms with Crippen LogP contribution in [0.2, 0.25) is 0 Å². The highest BCUT2D eigenvalue weighted by Gasteiger charge is 2.50. The fourth-order valence-corrected chi connectivity index (χ4v) is 4.84. The molecule has 2 heterocycles. The molecule has 0 bridgehead atoms. The van der Waals surface area contributed by atoms with Gasteiger partial charge in [-0.15, -0.1) is 6.42 Å². The average Bonchev–Trinajstić information content (AvgIpc) is 2.95. The van der Waals surface area contributed by atoms with E-state index in [2.05, 4.69) is 23.1 Å². The first kappa shape index (κ1) is 30.5. The molecule has 0 saturated carbocycles. The molecule has 2 aliphatic rings. The van der Waals surface area contributed by atoms with Crippen molar-refractivity contribution in [1.82, 2.24) is 30.5 Å². The van der Waals surface area contributed by atoms with Crippen molar-refractivity contribution in [2.45, 2.75) is 38.0 Å². The first-order chi connectivity index (χ1) is 19.4. The van der Waals surface area contributed by atoms with Crippen molar-refractivity contribution in [3.05, 3.63) is 48.6 Å². The molecule has 216 valence electrons. The second-order valence-electron chi connectivity index (χ2n) is 9.40. The summed E-state index contributed by atoms with van der Waals surface area (Å²) in [6.45, 7) is 5.04. The molecule has 0 aromatic heterocycles. The second-order valence-corrected chi connectivity index (χ2v) is 9.40. The number of rotatable bonds is 13. The molecule has 1 aromatic carbocycles. The number of carbonyl (C=O) groups is 4. The molecule has 2 fully saturated rings. The average molecular weight is 555 g/mol. The summed E-state index contributed by atoms with van der Waals surface area (Å²) >= 11 is 0. The van der Waals surface area contributed by atoms with Gasteiger partial charge >= 0.3 is 12.1 Å². The van der Waals surface area contributed by atoms with Crippen LogP contribution >= 0.6 is 0 Å². The summed E-state index contributed by atoms with van der Waals surface area (Å²) in [5.74, 6) is 2.04. The van der Waals surface area contributed by atoms with Crippen LogP contribution in [0.1, 0.15) is 24.8 Å². The third-order valence-corrected chi connectivity index (χ3v) is 6.63. The lowest BCUT2D eigenvalue weighted by atomic mass is 10.0. The van der Waals surface area contributed by atoms with Gasteiger partial charge in [-0.1, -0.05) is 48.9 Å². The number of nitrogens with zero attached hydrogens (tertiary/aromatic N) is 4. The van der Waals surface area contributed by atoms with Crippen molar-refractivity contribution >= 4 is 23.9 Å². The minimum Gasteiger partial charge on any atom is -0.445 e. The Labute approximate surface area is 235 Å². The van der Waals surface area contributed by atoms with Gasteiger partial charge in [-0.05, 0) is 24.8 Å². The van der Waals surface area contributed by atoms with E-state index in [1.54, 1.807) is 17.0 Å². The number of ether oxygens (including phenoxy) is 2. The van der Waals surface area contributed by atoms with Crippen LogP contribution < -0.4 is 10.6 Å². The van der Waals surface area contributed by atoms with Gasteiger partial charge in [-0.25, -0.2) is 14.6 Å². The van der Waals surface area contributed by atoms with Gasteiger partial charge in [0, 0.05) is 33.4 Å². The van der Waals surface area contributed by atoms with Gasteiger partial charge in [-0.3, -0.25) is 9.59 Å². The molecule has 0 aliphatic carbocycles. The number of hydrogen-bond acceptors (Lipinski definition) is 7. The lowest BCUT2D eigenvalue weighted by Crippen LogP contribution is -2.76. The predicted molar refractivity (Wildman–Crippen MR) is 147 cm³/mol. The molecule has 1 aromatic rings. The maximum absolute atomic E-state index is 13.6. The number of terminal acetylenes is 1. The summed E-state index contributed by atoms with van der Waals surface area (Å²) in [6.07, 6.45) is 7.02. The van der Waals surface area contributed by atoms with Crippen molar-refractivity contribution in [1.29, 1.82) is 0 Å². The summed E-state index contributed by atoms with van der Waals surface area (Å²) in [5, 5.41) is 8.57. The number of urea groups is 1. The van der Waals surface area contributed by atoms with E-state index in [0.29, 0.717) is 26.0 Å². The Balaban J connectivity index is 1.81. The molecule has 5 amide bonds. The number of benzene rings is 1. The Morgan fingerprint density at radius 3 is 2.67 bits per heavy atom. The van der Waals surface area contributed by atoms with Crippen LogP contribution in [0.4, 0.5) is 9.59 Å². The molecule has 12 nitrogen and oxygen atoms in total. The van der Waals surface area contributed by atoms with Gasteiger partial charge in [-0.2, -0.15) is 5.01 Å². The van der Waals surface area contributed by atoms with Gasteiger partial charge in [0.15, 0.2) is 0 Å². The summed E-state index contributed by atoms with van der Waals surface area (Å²) in [5.41, 5.74) is 0.918. The van der Waals surface area contributed by atoms with Crippen LogP contribution in [0.15, 0.2) is 43.0 Å². The van der Waals surface area contributed by atoms with Gasteiger partial charge in [0.25, 0.3) is 0 Å². The van der Waals surface area contributed by atoms with E-state index in [9.17, 15) is 19.2 Å². The molecule has 2 atom stereocenters. The fourth-order valence-electron chi connectivity index (χ4n) is 4.84. The third-order valence-electron chi connectivity index (χ3n) is 6.63. The van der Waals surface area contributed by atoms with Crippen molar-refractivity contribution < 1.29 is 28.7 Å². The number of piperazine rings is 1. The zero-order valence-corrected chi connectivity index (χ0v) is 22.9. The summed E-state index contributed by atoms with van der Waals surface area (Å²) < 4.78 is 10.1. The molecule has 2 saturated heterocycles. The highest BCUT2D eigenvalue weighted by Crippen LogP contribution is 2.28. The number of fused-ring (bicyclic) bond motifs is 1. The van der Waals surface area contributed by atoms with E-state index in [0.717, 1.165) is 5.56 Å². The first-order valence-electron chi connectivity index (χ1n) is 13.3. The molecule has 40 heavy (non-hydrogen) atoms. The van der Waals surface area contributed by atoms with Crippen LogP contribution in [-0.4, -0.2) is 109 Å². The number of alkyl carbamates (subject to hydrolysis) is 1. The molecule has 3 rings (SSSR count). The van der Waals surface area contributed by atoms with Crippen LogP contribution in [0, 0.1) is 12.3 Å². The predicted octanol–water partition coefficient (Wildman–Crippen LogP) is 1.16. The molecular weight excluding hydrogens is 516 g/mol. The van der Waals surface area contributed by atoms with E-state index in [1.807, 2.05) is 30.3 Å².